The van der Waals surface area contributed by atoms with Gasteiger partial charge in [-0.3, -0.25) is 14.6 Å². The molecule has 1 N–H and O–H groups in total. The highest BCUT2D eigenvalue weighted by Gasteiger charge is 2.44. The average Bonchev–Trinajstić information content (AvgIpc) is 3.32. The molecule has 4 rings (SSSR count). The van der Waals surface area contributed by atoms with Gasteiger partial charge in [0.2, 0.25) is 5.78 Å². The van der Waals surface area contributed by atoms with E-state index in [2.05, 4.69) is 9.97 Å². The van der Waals surface area contributed by atoms with Crippen LogP contribution in [0.5, 0.6) is 0 Å². The maximum atomic E-state index is 13.0. The molecule has 0 aromatic carbocycles. The predicted octanol–water partition coefficient (Wildman–Crippen LogP) is 1.38. The van der Waals surface area contributed by atoms with Gasteiger partial charge in [-0.25, -0.2) is 4.98 Å². The molecule has 1 atom stereocenters. The molecule has 3 aromatic heterocycles. The third-order valence-electron chi connectivity index (χ3n) is 4.41. The second-order valence-corrected chi connectivity index (χ2v) is 7.05. The van der Waals surface area contributed by atoms with Crippen LogP contribution < -0.4 is 10.1 Å². The molecule has 1 amide bonds. The van der Waals surface area contributed by atoms with Crippen molar-refractivity contribution in [2.24, 2.45) is 0 Å². The van der Waals surface area contributed by atoms with Crippen molar-refractivity contribution in [1.82, 2.24) is 9.88 Å². The molecule has 27 heavy (non-hydrogen) atoms. The van der Waals surface area contributed by atoms with Gasteiger partial charge >= 0.3 is 0 Å². The summed E-state index contributed by atoms with van der Waals surface area (Å²) in [4.78, 5) is 34.6. The number of ketones is 1. The maximum absolute atomic E-state index is 13.0. The van der Waals surface area contributed by atoms with Gasteiger partial charge in [0, 0.05) is 34.5 Å². The number of nitrogens with one attached hydrogen (secondary N) is 1. The van der Waals surface area contributed by atoms with E-state index in [9.17, 15) is 14.7 Å². The number of hydrogen-bond acceptors (Lipinski definition) is 5. The molecule has 1 aliphatic heterocycles. The molecular weight excluding hydrogens is 362 g/mol. The third-order valence-corrected chi connectivity index (χ3v) is 5.33. The quantitative estimate of drug-likeness (QED) is 0.390. The third kappa shape index (κ3) is 3.13. The summed E-state index contributed by atoms with van der Waals surface area (Å²) >= 11 is 1.42. The van der Waals surface area contributed by atoms with Gasteiger partial charge < -0.3 is 10.0 Å². The van der Waals surface area contributed by atoms with E-state index in [0.717, 1.165) is 10.4 Å². The number of thiophene rings is 1. The van der Waals surface area contributed by atoms with E-state index in [4.69, 9.17) is 0 Å². The number of hydrogen-bond donors (Lipinski definition) is 0. The van der Waals surface area contributed by atoms with Crippen molar-refractivity contribution < 1.29 is 19.7 Å². The Morgan fingerprint density at radius 1 is 1.19 bits per heavy atom. The summed E-state index contributed by atoms with van der Waals surface area (Å²) < 4.78 is 0. The number of amides is 1. The van der Waals surface area contributed by atoms with E-state index < -0.39 is 23.5 Å². The summed E-state index contributed by atoms with van der Waals surface area (Å²) in [7, 11) is 0. The Morgan fingerprint density at radius 2 is 2.00 bits per heavy atom. The van der Waals surface area contributed by atoms with Crippen molar-refractivity contribution in [2.45, 2.75) is 12.6 Å². The number of pyridine rings is 2. The molecule has 3 aromatic rings. The number of H-pyrrole nitrogens is 1. The van der Waals surface area contributed by atoms with Crippen LogP contribution in [0.2, 0.25) is 0 Å². The zero-order valence-corrected chi connectivity index (χ0v) is 15.0. The summed E-state index contributed by atoms with van der Waals surface area (Å²) in [5.41, 5.74) is 1.18. The lowest BCUT2D eigenvalue weighted by molar-refractivity contribution is -0.378. The molecule has 0 bridgehead atoms. The van der Waals surface area contributed by atoms with Crippen LogP contribution in [-0.4, -0.2) is 21.6 Å². The number of rotatable bonds is 4. The van der Waals surface area contributed by atoms with E-state index in [1.165, 1.54) is 28.6 Å². The van der Waals surface area contributed by atoms with Crippen molar-refractivity contribution in [3.8, 4) is 0 Å². The van der Waals surface area contributed by atoms with Crippen LogP contribution in [0.1, 0.15) is 22.0 Å². The minimum absolute atomic E-state index is 0.00596. The molecular formula is C20H15N3O3S. The largest absolute Gasteiger partial charge is 0.872 e. The summed E-state index contributed by atoms with van der Waals surface area (Å²) in [6.45, 7) is 0.234. The fourth-order valence-corrected chi connectivity index (χ4v) is 4.01. The number of Topliss-reactive ketones (excluding diaryl/α,β-unsaturated/α-hetero) is 1. The second kappa shape index (κ2) is 7.13. The van der Waals surface area contributed by atoms with Gasteiger partial charge in [-0.1, -0.05) is 11.8 Å². The minimum atomic E-state index is -0.741. The highest BCUT2D eigenvalue weighted by Crippen LogP contribution is 2.41. The summed E-state index contributed by atoms with van der Waals surface area (Å²) in [5, 5.41) is 14.9. The zero-order valence-electron chi connectivity index (χ0n) is 14.2. The summed E-state index contributed by atoms with van der Waals surface area (Å²) in [6, 6.07) is 9.78. The fraction of sp³-hybridized carbons (Fsp3) is 0.100. The molecule has 7 heteroatoms. The van der Waals surface area contributed by atoms with Crippen LogP contribution in [0.4, 0.5) is 0 Å². The van der Waals surface area contributed by atoms with Crippen LogP contribution in [0.15, 0.2) is 72.1 Å². The minimum Gasteiger partial charge on any atom is -0.872 e. The Morgan fingerprint density at radius 3 is 2.67 bits per heavy atom. The Kier molecular flexibility index (Phi) is 4.52. The molecule has 1 aliphatic rings. The van der Waals surface area contributed by atoms with E-state index in [1.807, 2.05) is 29.6 Å². The molecule has 1 unspecified atom stereocenters. The summed E-state index contributed by atoms with van der Waals surface area (Å²) in [5.74, 6) is -1.83. The highest BCUT2D eigenvalue weighted by atomic mass is 32.1. The van der Waals surface area contributed by atoms with E-state index >= 15 is 0 Å². The number of likely N-dealkylation sites (tertiary alicyclic amines) is 1. The van der Waals surface area contributed by atoms with Crippen molar-refractivity contribution >= 4 is 28.8 Å². The number of carbonyl (C=O) groups is 2. The van der Waals surface area contributed by atoms with Crippen molar-refractivity contribution in [2.75, 3.05) is 0 Å². The van der Waals surface area contributed by atoms with E-state index in [-0.39, 0.29) is 12.1 Å². The Labute approximate surface area is 159 Å². The first-order valence-corrected chi connectivity index (χ1v) is 9.20. The molecule has 4 heterocycles. The molecule has 0 spiro atoms. The smallest absolute Gasteiger partial charge is 0.295 e. The Balaban J connectivity index is 1.83. The first-order valence-electron chi connectivity index (χ1n) is 8.32. The number of carbonyl (C=O) groups excluding carboxylic acids is 2. The monoisotopic (exact) mass is 377 g/mol. The molecule has 1 fully saturated rings. The van der Waals surface area contributed by atoms with Crippen LogP contribution in [-0.2, 0) is 16.1 Å². The van der Waals surface area contributed by atoms with Gasteiger partial charge in [0.05, 0.1) is 12.6 Å². The number of aromatic nitrogens is 2. The normalized spacial score (nSPS) is 18.8. The highest BCUT2D eigenvalue weighted by molar-refractivity contribution is 7.10. The average molecular weight is 377 g/mol. The lowest BCUT2D eigenvalue weighted by Gasteiger charge is -2.26. The SMILES string of the molecule is O=C1C(=O)N(Cc2ccc[nH+]c2)C(c2cccs2)C1=C([O-])c1ccncc1. The van der Waals surface area contributed by atoms with Crippen molar-refractivity contribution in [1.29, 1.82) is 0 Å². The van der Waals surface area contributed by atoms with Crippen LogP contribution in [0.25, 0.3) is 5.76 Å². The summed E-state index contributed by atoms with van der Waals surface area (Å²) in [6.07, 6.45) is 6.52. The lowest BCUT2D eigenvalue weighted by Crippen LogP contribution is -2.29. The Bertz CT molecular complexity index is 1000. The van der Waals surface area contributed by atoms with Gasteiger partial charge in [0.15, 0.2) is 12.4 Å². The fourth-order valence-electron chi connectivity index (χ4n) is 3.16. The molecule has 134 valence electrons. The van der Waals surface area contributed by atoms with Gasteiger partial charge in [-0.15, -0.1) is 11.3 Å². The first-order chi connectivity index (χ1) is 13.2. The standard InChI is InChI=1S/C20H15N3O3S/c24-18(14-5-8-21-9-6-14)16-17(15-4-2-10-27-15)23(20(26)19(16)25)12-13-3-1-7-22-11-13/h1-11,17,24H,12H2. The predicted molar refractivity (Wildman–Crippen MR) is 96.8 cm³/mol. The Hall–Kier alpha value is -3.32. The van der Waals surface area contributed by atoms with E-state index in [1.54, 1.807) is 24.5 Å². The zero-order chi connectivity index (χ0) is 18.8. The van der Waals surface area contributed by atoms with Crippen molar-refractivity contribution in [3.63, 3.8) is 0 Å². The lowest BCUT2D eigenvalue weighted by atomic mass is 10.0. The first kappa shape index (κ1) is 17.1. The van der Waals surface area contributed by atoms with E-state index in [0.29, 0.717) is 5.56 Å². The van der Waals surface area contributed by atoms with Gasteiger partial charge in [0.25, 0.3) is 5.91 Å². The number of aromatic amines is 1. The van der Waals surface area contributed by atoms with Crippen LogP contribution >= 0.6 is 11.3 Å². The van der Waals surface area contributed by atoms with Gasteiger partial charge in [-0.2, -0.15) is 0 Å². The van der Waals surface area contributed by atoms with Crippen LogP contribution in [0, 0.1) is 0 Å². The molecule has 1 saturated heterocycles. The van der Waals surface area contributed by atoms with Gasteiger partial charge in [-0.05, 0) is 35.2 Å². The molecule has 0 radical (unpaired) electrons. The van der Waals surface area contributed by atoms with Crippen molar-refractivity contribution in [3.05, 3.63) is 88.1 Å². The van der Waals surface area contributed by atoms with Crippen LogP contribution in [0.3, 0.4) is 0 Å². The van der Waals surface area contributed by atoms with Gasteiger partial charge in [0.1, 0.15) is 0 Å². The molecule has 0 aliphatic carbocycles. The molecule has 6 nitrogen and oxygen atoms in total. The topological polar surface area (TPSA) is 87.5 Å². The maximum Gasteiger partial charge on any atom is 0.295 e. The second-order valence-electron chi connectivity index (χ2n) is 6.07. The number of nitrogens with zero attached hydrogens (tertiary/aromatic N) is 2. The molecule has 0 saturated carbocycles.